The monoisotopic (exact) mass is 193 g/mol. The molecule has 0 atom stereocenters. The summed E-state index contributed by atoms with van der Waals surface area (Å²) >= 11 is 0. The van der Waals surface area contributed by atoms with Crippen LogP contribution in [0.2, 0.25) is 0 Å². The van der Waals surface area contributed by atoms with Crippen molar-refractivity contribution >= 4 is 16.7 Å². The van der Waals surface area contributed by atoms with Gasteiger partial charge in [0, 0.05) is 6.07 Å². The van der Waals surface area contributed by atoms with Crippen LogP contribution in [0, 0.1) is 10.1 Å². The summed E-state index contributed by atoms with van der Waals surface area (Å²) in [6.45, 7) is 0. The summed E-state index contributed by atoms with van der Waals surface area (Å²) in [6.07, 6.45) is 1.32. The van der Waals surface area contributed by atoms with E-state index in [2.05, 4.69) is 9.97 Å². The van der Waals surface area contributed by atoms with E-state index in [0.29, 0.717) is 16.9 Å². The molecule has 0 aliphatic rings. The van der Waals surface area contributed by atoms with Crippen LogP contribution < -0.4 is 4.74 Å². The number of ether oxygens (including phenoxy) is 1. The first-order valence-corrected chi connectivity index (χ1v) is 3.89. The Bertz CT molecular complexity index is 492. The van der Waals surface area contributed by atoms with Gasteiger partial charge >= 0.3 is 5.69 Å². The number of nitrogens with one attached hydrogen (secondary N) is 1. The number of aromatic amines is 1. The van der Waals surface area contributed by atoms with E-state index in [1.165, 1.54) is 13.3 Å². The maximum Gasteiger partial charge on any atom is 0.312 e. The minimum Gasteiger partial charge on any atom is -0.481 e. The van der Waals surface area contributed by atoms with Gasteiger partial charge in [-0.2, -0.15) is 0 Å². The van der Waals surface area contributed by atoms with Gasteiger partial charge in [-0.05, 0) is 6.07 Å². The van der Waals surface area contributed by atoms with Crippen molar-refractivity contribution in [1.82, 2.24) is 9.97 Å². The third kappa shape index (κ3) is 1.17. The third-order valence-electron chi connectivity index (χ3n) is 1.88. The molecule has 0 radical (unpaired) electrons. The van der Waals surface area contributed by atoms with Gasteiger partial charge in [-0.25, -0.2) is 4.98 Å². The summed E-state index contributed by atoms with van der Waals surface area (Å²) in [4.78, 5) is 16.8. The van der Waals surface area contributed by atoms with E-state index >= 15 is 0 Å². The number of nitro groups is 1. The summed E-state index contributed by atoms with van der Waals surface area (Å²) in [5.74, 6) is 0.361. The fourth-order valence-electron chi connectivity index (χ4n) is 1.22. The van der Waals surface area contributed by atoms with E-state index in [1.807, 2.05) is 0 Å². The molecule has 0 amide bonds. The lowest BCUT2D eigenvalue weighted by molar-refractivity contribution is -0.383. The van der Waals surface area contributed by atoms with Crippen LogP contribution in [-0.2, 0) is 0 Å². The molecule has 0 unspecified atom stereocenters. The maximum absolute atomic E-state index is 10.6. The molecule has 0 aliphatic heterocycles. The fraction of sp³-hybridized carbons (Fsp3) is 0.125. The number of hydrogen-bond donors (Lipinski definition) is 1. The van der Waals surface area contributed by atoms with Gasteiger partial charge in [0.1, 0.15) is 0 Å². The highest BCUT2D eigenvalue weighted by Gasteiger charge is 2.15. The number of aromatic nitrogens is 2. The van der Waals surface area contributed by atoms with E-state index in [4.69, 9.17) is 4.74 Å². The van der Waals surface area contributed by atoms with Gasteiger partial charge in [0.2, 0.25) is 5.88 Å². The molecule has 0 fully saturated rings. The van der Waals surface area contributed by atoms with Gasteiger partial charge < -0.3 is 9.72 Å². The molecule has 0 spiro atoms. The van der Waals surface area contributed by atoms with Gasteiger partial charge in [0.15, 0.2) is 5.52 Å². The first-order chi connectivity index (χ1) is 6.72. The van der Waals surface area contributed by atoms with E-state index in [0.717, 1.165) is 0 Å². The van der Waals surface area contributed by atoms with Crippen molar-refractivity contribution in [3.63, 3.8) is 0 Å². The molecular weight excluding hydrogens is 186 g/mol. The van der Waals surface area contributed by atoms with Crippen LogP contribution in [0.3, 0.4) is 0 Å². The minimum absolute atomic E-state index is 0.0427. The highest BCUT2D eigenvalue weighted by atomic mass is 16.6. The zero-order chi connectivity index (χ0) is 10.1. The average Bonchev–Trinajstić information content (AvgIpc) is 2.59. The Labute approximate surface area is 78.7 Å². The molecule has 6 heteroatoms. The number of hydrogen-bond acceptors (Lipinski definition) is 4. The molecule has 0 saturated heterocycles. The number of H-pyrrole nitrogens is 1. The van der Waals surface area contributed by atoms with Gasteiger partial charge in [0.25, 0.3) is 0 Å². The van der Waals surface area contributed by atoms with Crippen LogP contribution in [0.1, 0.15) is 0 Å². The van der Waals surface area contributed by atoms with Crippen LogP contribution >= 0.6 is 0 Å². The minimum atomic E-state index is -0.481. The van der Waals surface area contributed by atoms with Crippen molar-refractivity contribution in [3.8, 4) is 5.88 Å². The summed E-state index contributed by atoms with van der Waals surface area (Å²) in [5.41, 5.74) is 0.894. The van der Waals surface area contributed by atoms with Crippen molar-refractivity contribution < 1.29 is 9.66 Å². The molecule has 0 aromatic carbocycles. The van der Waals surface area contributed by atoms with Crippen molar-refractivity contribution in [1.29, 1.82) is 0 Å². The van der Waals surface area contributed by atoms with E-state index in [9.17, 15) is 10.1 Å². The van der Waals surface area contributed by atoms with E-state index < -0.39 is 4.92 Å². The second-order valence-electron chi connectivity index (χ2n) is 2.68. The second-order valence-corrected chi connectivity index (χ2v) is 2.68. The van der Waals surface area contributed by atoms with Crippen molar-refractivity contribution in [2.24, 2.45) is 0 Å². The summed E-state index contributed by atoms with van der Waals surface area (Å²) in [6, 6.07) is 3.33. The Morgan fingerprint density at radius 3 is 3.00 bits per heavy atom. The van der Waals surface area contributed by atoms with Gasteiger partial charge in [-0.1, -0.05) is 0 Å². The highest BCUT2D eigenvalue weighted by Crippen LogP contribution is 2.24. The quantitative estimate of drug-likeness (QED) is 0.578. The molecule has 2 aromatic rings. The zero-order valence-corrected chi connectivity index (χ0v) is 7.35. The SMILES string of the molecule is COc1ccc2[nH]cc([N+](=O)[O-])c2n1. The van der Waals surface area contributed by atoms with Gasteiger partial charge in [0.05, 0.1) is 23.7 Å². The summed E-state index contributed by atoms with van der Waals surface area (Å²) in [7, 11) is 1.46. The molecule has 2 aromatic heterocycles. The number of fused-ring (bicyclic) bond motifs is 1. The first kappa shape index (κ1) is 8.49. The predicted octanol–water partition coefficient (Wildman–Crippen LogP) is 1.48. The average molecular weight is 193 g/mol. The number of pyridine rings is 1. The molecule has 2 heterocycles. The molecule has 2 rings (SSSR count). The molecule has 72 valence electrons. The van der Waals surface area contributed by atoms with E-state index in [1.54, 1.807) is 12.1 Å². The molecule has 0 saturated carbocycles. The lowest BCUT2D eigenvalue weighted by Crippen LogP contribution is -1.89. The summed E-state index contributed by atoms with van der Waals surface area (Å²) < 4.78 is 4.88. The lowest BCUT2D eigenvalue weighted by Gasteiger charge is -1.96. The second kappa shape index (κ2) is 2.99. The summed E-state index contributed by atoms with van der Waals surface area (Å²) in [5, 5.41) is 10.6. The topological polar surface area (TPSA) is 81.0 Å². The Morgan fingerprint density at radius 2 is 2.36 bits per heavy atom. The molecule has 0 aliphatic carbocycles. The molecule has 0 bridgehead atoms. The van der Waals surface area contributed by atoms with Crippen molar-refractivity contribution in [3.05, 3.63) is 28.4 Å². The van der Waals surface area contributed by atoms with Crippen LogP contribution in [0.15, 0.2) is 18.3 Å². The smallest absolute Gasteiger partial charge is 0.312 e. The Hall–Kier alpha value is -2.11. The number of methoxy groups -OCH3 is 1. The van der Waals surface area contributed by atoms with Crippen LogP contribution in [0.4, 0.5) is 5.69 Å². The Kier molecular flexibility index (Phi) is 1.81. The zero-order valence-electron chi connectivity index (χ0n) is 7.35. The van der Waals surface area contributed by atoms with Crippen LogP contribution in [-0.4, -0.2) is 22.0 Å². The standard InChI is InChI=1S/C8H7N3O3/c1-14-7-3-2-5-8(10-7)6(4-9-5)11(12)13/h2-4,9H,1H3. The largest absolute Gasteiger partial charge is 0.481 e. The molecule has 1 N–H and O–H groups in total. The predicted molar refractivity (Wildman–Crippen MR) is 49.3 cm³/mol. The van der Waals surface area contributed by atoms with Crippen LogP contribution in [0.25, 0.3) is 11.0 Å². The number of nitrogens with zero attached hydrogens (tertiary/aromatic N) is 2. The van der Waals surface area contributed by atoms with Crippen molar-refractivity contribution in [2.75, 3.05) is 7.11 Å². The Morgan fingerprint density at radius 1 is 1.57 bits per heavy atom. The molecule has 14 heavy (non-hydrogen) atoms. The third-order valence-corrected chi connectivity index (χ3v) is 1.88. The van der Waals surface area contributed by atoms with E-state index in [-0.39, 0.29) is 5.69 Å². The van der Waals surface area contributed by atoms with Gasteiger partial charge in [-0.3, -0.25) is 10.1 Å². The maximum atomic E-state index is 10.6. The Balaban J connectivity index is 2.69. The highest BCUT2D eigenvalue weighted by molar-refractivity contribution is 5.85. The van der Waals surface area contributed by atoms with Crippen LogP contribution in [0.5, 0.6) is 5.88 Å². The normalized spacial score (nSPS) is 10.4. The first-order valence-electron chi connectivity index (χ1n) is 3.89. The fourth-order valence-corrected chi connectivity index (χ4v) is 1.22. The molecule has 6 nitrogen and oxygen atoms in total. The molecular formula is C8H7N3O3. The van der Waals surface area contributed by atoms with Crippen molar-refractivity contribution in [2.45, 2.75) is 0 Å². The lowest BCUT2D eigenvalue weighted by atomic mass is 10.3. The number of rotatable bonds is 2. The van der Waals surface area contributed by atoms with Gasteiger partial charge in [-0.15, -0.1) is 0 Å².